The predicted molar refractivity (Wildman–Crippen MR) is 70.3 cm³/mol. The highest BCUT2D eigenvalue weighted by molar-refractivity contribution is 7.09. The zero-order valence-electron chi connectivity index (χ0n) is 9.69. The Bertz CT molecular complexity index is 462. The fourth-order valence-electron chi connectivity index (χ4n) is 1.74. The molecule has 0 aliphatic carbocycles. The zero-order valence-corrected chi connectivity index (χ0v) is 10.5. The maximum Gasteiger partial charge on any atom is 0.129 e. The smallest absolute Gasteiger partial charge is 0.129 e. The lowest BCUT2D eigenvalue weighted by atomic mass is 10.1. The van der Waals surface area contributed by atoms with E-state index in [0.717, 1.165) is 6.54 Å². The lowest BCUT2D eigenvalue weighted by molar-refractivity contribution is 0.317. The van der Waals surface area contributed by atoms with E-state index in [9.17, 15) is 4.39 Å². The molecule has 2 aromatic rings. The molecule has 0 aliphatic heterocycles. The molecule has 0 atom stereocenters. The highest BCUT2D eigenvalue weighted by Gasteiger charge is 2.09. The molecular weight excluding hydrogens is 235 g/mol. The van der Waals surface area contributed by atoms with E-state index in [1.807, 2.05) is 18.5 Å². The number of thiophene rings is 1. The van der Waals surface area contributed by atoms with E-state index >= 15 is 0 Å². The molecule has 0 bridgehead atoms. The topological polar surface area (TPSA) is 29.3 Å². The van der Waals surface area contributed by atoms with Crippen LogP contribution < -0.4 is 5.73 Å². The van der Waals surface area contributed by atoms with Crippen molar-refractivity contribution >= 4 is 17.0 Å². The summed E-state index contributed by atoms with van der Waals surface area (Å²) in [5.41, 5.74) is 6.87. The summed E-state index contributed by atoms with van der Waals surface area (Å²) in [6.45, 7) is 1.34. The molecule has 2 nitrogen and oxygen atoms in total. The standard InChI is InChI=1S/C13H15FN2S/c1-16(8-10-4-3-7-17-10)9-11-12(14)5-2-6-13(11)15/h2-7H,8-9,15H2,1H3. The van der Waals surface area contributed by atoms with Crippen LogP contribution in [0.25, 0.3) is 0 Å². The van der Waals surface area contributed by atoms with Crippen LogP contribution in [0.3, 0.4) is 0 Å². The Morgan fingerprint density at radius 1 is 1.24 bits per heavy atom. The second-order valence-electron chi connectivity index (χ2n) is 4.06. The highest BCUT2D eigenvalue weighted by atomic mass is 32.1. The van der Waals surface area contributed by atoms with Crippen molar-refractivity contribution in [3.05, 3.63) is 52.0 Å². The Morgan fingerprint density at radius 2 is 2.06 bits per heavy atom. The largest absolute Gasteiger partial charge is 0.398 e. The van der Waals surface area contributed by atoms with Crippen LogP contribution in [-0.4, -0.2) is 11.9 Å². The van der Waals surface area contributed by atoms with Crippen molar-refractivity contribution < 1.29 is 4.39 Å². The van der Waals surface area contributed by atoms with Crippen molar-refractivity contribution in [2.45, 2.75) is 13.1 Å². The first-order valence-corrected chi connectivity index (χ1v) is 6.28. The first kappa shape index (κ1) is 12.1. The molecule has 17 heavy (non-hydrogen) atoms. The second kappa shape index (κ2) is 5.29. The number of hydrogen-bond donors (Lipinski definition) is 1. The highest BCUT2D eigenvalue weighted by Crippen LogP contribution is 2.19. The molecular formula is C13H15FN2S. The van der Waals surface area contributed by atoms with Crippen LogP contribution in [-0.2, 0) is 13.1 Å². The van der Waals surface area contributed by atoms with Gasteiger partial charge in [0.1, 0.15) is 5.82 Å². The monoisotopic (exact) mass is 250 g/mol. The number of nitrogens with two attached hydrogens (primary N) is 1. The number of benzene rings is 1. The van der Waals surface area contributed by atoms with Crippen LogP contribution >= 0.6 is 11.3 Å². The molecule has 1 heterocycles. The minimum Gasteiger partial charge on any atom is -0.398 e. The van der Waals surface area contributed by atoms with Crippen molar-refractivity contribution in [1.82, 2.24) is 4.90 Å². The summed E-state index contributed by atoms with van der Waals surface area (Å²) in [5, 5.41) is 2.04. The van der Waals surface area contributed by atoms with Gasteiger partial charge in [0.2, 0.25) is 0 Å². The lowest BCUT2D eigenvalue weighted by Gasteiger charge is -2.17. The van der Waals surface area contributed by atoms with Gasteiger partial charge in [0.05, 0.1) is 0 Å². The predicted octanol–water partition coefficient (Wildman–Crippen LogP) is 3.10. The summed E-state index contributed by atoms with van der Waals surface area (Å²) in [6, 6.07) is 8.91. The molecule has 0 spiro atoms. The molecule has 90 valence electrons. The molecule has 0 unspecified atom stereocenters. The number of hydrogen-bond acceptors (Lipinski definition) is 3. The number of rotatable bonds is 4. The molecule has 2 N–H and O–H groups in total. The molecule has 0 amide bonds. The molecule has 0 radical (unpaired) electrons. The van der Waals surface area contributed by atoms with Crippen LogP contribution in [0.5, 0.6) is 0 Å². The fraction of sp³-hybridized carbons (Fsp3) is 0.231. The molecule has 0 saturated heterocycles. The summed E-state index contributed by atoms with van der Waals surface area (Å²) >= 11 is 1.70. The Labute approximate surface area is 104 Å². The van der Waals surface area contributed by atoms with Gasteiger partial charge in [-0.1, -0.05) is 12.1 Å². The molecule has 2 rings (SSSR count). The minimum atomic E-state index is -0.233. The second-order valence-corrected chi connectivity index (χ2v) is 5.09. The molecule has 4 heteroatoms. The maximum atomic E-state index is 13.6. The number of nitrogen functional groups attached to an aromatic ring is 1. The summed E-state index contributed by atoms with van der Waals surface area (Å²) in [5.74, 6) is -0.233. The third-order valence-corrected chi connectivity index (χ3v) is 3.45. The summed E-state index contributed by atoms with van der Waals surface area (Å²) in [4.78, 5) is 3.32. The van der Waals surface area contributed by atoms with Gasteiger partial charge in [0.15, 0.2) is 0 Å². The minimum absolute atomic E-state index is 0.233. The third kappa shape index (κ3) is 3.05. The summed E-state index contributed by atoms with van der Waals surface area (Å²) in [6.07, 6.45) is 0. The lowest BCUT2D eigenvalue weighted by Crippen LogP contribution is -2.18. The van der Waals surface area contributed by atoms with E-state index in [1.165, 1.54) is 10.9 Å². The van der Waals surface area contributed by atoms with Crippen molar-refractivity contribution in [3.8, 4) is 0 Å². The fourth-order valence-corrected chi connectivity index (χ4v) is 2.52. The zero-order chi connectivity index (χ0) is 12.3. The van der Waals surface area contributed by atoms with Crippen molar-refractivity contribution in [2.75, 3.05) is 12.8 Å². The number of nitrogens with zero attached hydrogens (tertiary/aromatic N) is 1. The summed E-state index contributed by atoms with van der Waals surface area (Å²) in [7, 11) is 1.96. The molecule has 0 fully saturated rings. The number of anilines is 1. The Morgan fingerprint density at radius 3 is 2.71 bits per heavy atom. The van der Waals surface area contributed by atoms with Crippen molar-refractivity contribution in [1.29, 1.82) is 0 Å². The summed E-state index contributed by atoms with van der Waals surface area (Å²) < 4.78 is 13.6. The van der Waals surface area contributed by atoms with E-state index in [2.05, 4.69) is 11.0 Å². The quantitative estimate of drug-likeness (QED) is 0.845. The van der Waals surface area contributed by atoms with Crippen LogP contribution in [0, 0.1) is 5.82 Å². The van der Waals surface area contributed by atoms with Gasteiger partial charge in [-0.25, -0.2) is 4.39 Å². The Kier molecular flexibility index (Phi) is 3.76. The molecule has 1 aromatic heterocycles. The molecule has 0 aliphatic rings. The van der Waals surface area contributed by atoms with Crippen molar-refractivity contribution in [2.24, 2.45) is 0 Å². The van der Waals surface area contributed by atoms with Crippen LogP contribution in [0.15, 0.2) is 35.7 Å². The van der Waals surface area contributed by atoms with E-state index in [-0.39, 0.29) is 5.82 Å². The van der Waals surface area contributed by atoms with E-state index < -0.39 is 0 Å². The van der Waals surface area contributed by atoms with Crippen molar-refractivity contribution in [3.63, 3.8) is 0 Å². The average Bonchev–Trinajstić information content (AvgIpc) is 2.76. The average molecular weight is 250 g/mol. The number of halogens is 1. The van der Waals surface area contributed by atoms with Gasteiger partial charge in [-0.15, -0.1) is 11.3 Å². The normalized spacial score (nSPS) is 11.0. The maximum absolute atomic E-state index is 13.6. The third-order valence-electron chi connectivity index (χ3n) is 2.59. The van der Waals surface area contributed by atoms with E-state index in [0.29, 0.717) is 17.8 Å². The van der Waals surface area contributed by atoms with Gasteiger partial charge in [-0.3, -0.25) is 4.90 Å². The molecule has 0 saturated carbocycles. The molecule has 1 aromatic carbocycles. The van der Waals surface area contributed by atoms with E-state index in [4.69, 9.17) is 5.73 Å². The van der Waals surface area contributed by atoms with Gasteiger partial charge in [0, 0.05) is 29.2 Å². The Balaban J connectivity index is 2.05. The van der Waals surface area contributed by atoms with Crippen LogP contribution in [0.4, 0.5) is 10.1 Å². The van der Waals surface area contributed by atoms with Gasteiger partial charge >= 0.3 is 0 Å². The Hall–Kier alpha value is -1.39. The van der Waals surface area contributed by atoms with Gasteiger partial charge < -0.3 is 5.73 Å². The SMILES string of the molecule is CN(Cc1cccs1)Cc1c(N)cccc1F. The van der Waals surface area contributed by atoms with Gasteiger partial charge in [-0.05, 0) is 30.6 Å². The first-order valence-electron chi connectivity index (χ1n) is 5.40. The van der Waals surface area contributed by atoms with E-state index in [1.54, 1.807) is 23.5 Å². The van der Waals surface area contributed by atoms with Gasteiger partial charge in [-0.2, -0.15) is 0 Å². The van der Waals surface area contributed by atoms with Gasteiger partial charge in [0.25, 0.3) is 0 Å². The van der Waals surface area contributed by atoms with Crippen LogP contribution in [0.2, 0.25) is 0 Å². The van der Waals surface area contributed by atoms with Crippen LogP contribution in [0.1, 0.15) is 10.4 Å². The first-order chi connectivity index (χ1) is 8.16.